The molecule has 0 radical (unpaired) electrons. The van der Waals surface area contributed by atoms with E-state index in [0.29, 0.717) is 23.0 Å². The third-order valence-corrected chi connectivity index (χ3v) is 6.49. The Bertz CT molecular complexity index is 953. The van der Waals surface area contributed by atoms with E-state index in [1.807, 2.05) is 38.1 Å². The molecule has 0 bridgehead atoms. The van der Waals surface area contributed by atoms with Crippen molar-refractivity contribution in [2.45, 2.75) is 32.1 Å². The first-order valence-corrected chi connectivity index (χ1v) is 10.6. The van der Waals surface area contributed by atoms with Gasteiger partial charge in [0.2, 0.25) is 5.91 Å². The van der Waals surface area contributed by atoms with E-state index in [9.17, 15) is 13.6 Å². The Balaban J connectivity index is 0.000000806. The number of carbonyl (C=O) groups is 1. The summed E-state index contributed by atoms with van der Waals surface area (Å²) >= 11 is 1.42. The van der Waals surface area contributed by atoms with Crippen molar-refractivity contribution in [3.8, 4) is 5.75 Å². The number of hydrazone groups is 1. The predicted octanol–water partition coefficient (Wildman–Crippen LogP) is 4.73. The fourth-order valence-electron chi connectivity index (χ4n) is 3.56. The Kier molecular flexibility index (Phi) is 6.77. The molecule has 2 aromatic rings. The number of rotatable bonds is 2. The van der Waals surface area contributed by atoms with Crippen LogP contribution in [-0.2, 0) is 9.67 Å². The fraction of sp³-hybridized carbons (Fsp3) is 0.364. The molecule has 1 amide bonds. The zero-order valence-electron chi connectivity index (χ0n) is 17.1. The lowest BCUT2D eigenvalue weighted by Gasteiger charge is -2.43. The van der Waals surface area contributed by atoms with Gasteiger partial charge in [-0.1, -0.05) is 62.0 Å². The van der Waals surface area contributed by atoms with E-state index in [-0.39, 0.29) is 17.4 Å². The average molecular weight is 434 g/mol. The summed E-state index contributed by atoms with van der Waals surface area (Å²) in [7, 11) is 0. The van der Waals surface area contributed by atoms with Crippen molar-refractivity contribution in [3.05, 3.63) is 65.2 Å². The third kappa shape index (κ3) is 3.94. The molecule has 2 aliphatic heterocycles. The van der Waals surface area contributed by atoms with E-state index in [4.69, 9.17) is 10.5 Å². The van der Waals surface area contributed by atoms with Crippen LogP contribution in [0.2, 0.25) is 0 Å². The lowest BCUT2D eigenvalue weighted by molar-refractivity contribution is -0.134. The number of alkyl halides is 2. The number of benzene rings is 2. The molecule has 2 heterocycles. The maximum atomic E-state index is 13.1. The summed E-state index contributed by atoms with van der Waals surface area (Å²) in [4.78, 5) is 11.7. The number of hydrogen-bond acceptors (Lipinski definition) is 5. The summed E-state index contributed by atoms with van der Waals surface area (Å²) in [5.74, 6) is 0.471. The van der Waals surface area contributed by atoms with Crippen LogP contribution < -0.4 is 10.5 Å². The number of para-hydroxylation sites is 1. The number of hydrogen-bond donors (Lipinski definition) is 1. The van der Waals surface area contributed by atoms with Crippen LogP contribution in [0.25, 0.3) is 0 Å². The van der Waals surface area contributed by atoms with E-state index < -0.39 is 11.3 Å². The molecule has 5 nitrogen and oxygen atoms in total. The van der Waals surface area contributed by atoms with Crippen LogP contribution >= 0.6 is 11.8 Å². The molecule has 160 valence electrons. The maximum Gasteiger partial charge on any atom is 0.263 e. The first-order chi connectivity index (χ1) is 14.3. The zero-order valence-corrected chi connectivity index (χ0v) is 18.0. The molecular formula is C22H25F2N3O2S. The second-order valence-electron chi connectivity index (χ2n) is 7.08. The van der Waals surface area contributed by atoms with Crippen LogP contribution in [-0.4, -0.2) is 29.1 Å². The maximum absolute atomic E-state index is 13.1. The van der Waals surface area contributed by atoms with E-state index in [1.54, 1.807) is 12.1 Å². The first-order valence-electron chi connectivity index (χ1n) is 9.74. The third-order valence-electron chi connectivity index (χ3n) is 4.87. The number of nitrogens with two attached hydrogens (primary N) is 1. The molecule has 8 heteroatoms. The highest BCUT2D eigenvalue weighted by atomic mass is 32.2. The second-order valence-corrected chi connectivity index (χ2v) is 8.29. The highest BCUT2D eigenvalue weighted by molar-refractivity contribution is 8.15. The van der Waals surface area contributed by atoms with Crippen molar-refractivity contribution in [1.29, 1.82) is 0 Å². The van der Waals surface area contributed by atoms with Gasteiger partial charge in [-0.15, -0.1) is 0 Å². The summed E-state index contributed by atoms with van der Waals surface area (Å²) in [6, 6.07) is 13.7. The summed E-state index contributed by atoms with van der Waals surface area (Å²) in [5, 5.41) is 6.58. The number of ether oxygens (including phenoxy) is 1. The molecule has 0 saturated carbocycles. The van der Waals surface area contributed by atoms with Gasteiger partial charge in [-0.25, -0.2) is 13.8 Å². The predicted molar refractivity (Wildman–Crippen MR) is 116 cm³/mol. The molecule has 2 atom stereocenters. The molecular weight excluding hydrogens is 408 g/mol. The minimum Gasteiger partial charge on any atom is -0.493 e. The molecule has 2 N–H and O–H groups in total. The van der Waals surface area contributed by atoms with Crippen molar-refractivity contribution >= 4 is 22.7 Å². The van der Waals surface area contributed by atoms with Gasteiger partial charge >= 0.3 is 0 Å². The highest BCUT2D eigenvalue weighted by Gasteiger charge is 2.54. The molecule has 0 aliphatic carbocycles. The zero-order chi connectivity index (χ0) is 21.9. The average Bonchev–Trinajstić information content (AvgIpc) is 3.14. The summed E-state index contributed by atoms with van der Waals surface area (Å²) in [5.41, 5.74) is 6.23. The van der Waals surface area contributed by atoms with Crippen LogP contribution in [0.4, 0.5) is 8.78 Å². The molecule has 2 aromatic carbocycles. The number of thioether (sulfide) groups is 1. The normalized spacial score (nSPS) is 22.2. The van der Waals surface area contributed by atoms with Crippen LogP contribution in [0, 0.1) is 5.92 Å². The molecule has 0 unspecified atom stereocenters. The molecule has 0 saturated heterocycles. The minimum atomic E-state index is -2.56. The van der Waals surface area contributed by atoms with Crippen molar-refractivity contribution in [1.82, 2.24) is 5.01 Å². The first kappa shape index (κ1) is 22.2. The van der Waals surface area contributed by atoms with Crippen LogP contribution in [0.5, 0.6) is 5.75 Å². The van der Waals surface area contributed by atoms with Crippen molar-refractivity contribution in [2.75, 3.05) is 13.2 Å². The standard InChI is InChI=1S/C20H18F2N2O2S.C2H7N/c1-12-11-26-17-9-4-3-8-16(17)20(12)24(13(2)25)23-19(27-20)15-7-5-6-14(10-15)18(21)22;1-2-3/h3-10,12,18H,11H2,1-2H3;2-3H2,1H3/t12-,20-;/m0./s1. The van der Waals surface area contributed by atoms with Crippen molar-refractivity contribution in [2.24, 2.45) is 16.8 Å². The number of carbonyl (C=O) groups excluding carboxylic acids is 1. The Hall–Kier alpha value is -2.45. The fourth-order valence-corrected chi connectivity index (χ4v) is 5.03. The second kappa shape index (κ2) is 9.14. The van der Waals surface area contributed by atoms with Gasteiger partial charge < -0.3 is 10.5 Å². The van der Waals surface area contributed by atoms with Gasteiger partial charge in [-0.2, -0.15) is 5.10 Å². The van der Waals surface area contributed by atoms with E-state index in [1.165, 1.54) is 35.8 Å². The SMILES string of the molecule is CC(=O)N1N=C(c2cccc(C(F)F)c2)S[C@@]12c1ccccc1OC[C@@H]2C.CCN. The highest BCUT2D eigenvalue weighted by Crippen LogP contribution is 2.56. The Morgan fingerprint density at radius 2 is 2.03 bits per heavy atom. The molecule has 1 spiro atoms. The van der Waals surface area contributed by atoms with Gasteiger partial charge in [-0.05, 0) is 18.7 Å². The molecule has 0 aromatic heterocycles. The number of nitrogens with zero attached hydrogens (tertiary/aromatic N) is 2. The molecule has 2 aliphatic rings. The lowest BCUT2D eigenvalue weighted by atomic mass is 9.90. The molecule has 0 fully saturated rings. The van der Waals surface area contributed by atoms with Crippen LogP contribution in [0.1, 0.15) is 43.9 Å². The Morgan fingerprint density at radius 3 is 2.70 bits per heavy atom. The molecule has 30 heavy (non-hydrogen) atoms. The van der Waals surface area contributed by atoms with E-state index in [2.05, 4.69) is 5.10 Å². The number of halogens is 2. The topological polar surface area (TPSA) is 67.9 Å². The van der Waals surface area contributed by atoms with Gasteiger partial charge in [0.05, 0.1) is 6.61 Å². The van der Waals surface area contributed by atoms with Gasteiger partial charge in [0.25, 0.3) is 6.43 Å². The lowest BCUT2D eigenvalue weighted by Crippen LogP contribution is -2.49. The van der Waals surface area contributed by atoms with Gasteiger partial charge in [0.1, 0.15) is 10.8 Å². The summed E-state index contributed by atoms with van der Waals surface area (Å²) in [6.07, 6.45) is -2.56. The largest absolute Gasteiger partial charge is 0.493 e. The summed E-state index contributed by atoms with van der Waals surface area (Å²) in [6.45, 7) is 6.57. The Labute approximate surface area is 179 Å². The molecule has 4 rings (SSSR count). The van der Waals surface area contributed by atoms with Crippen LogP contribution in [0.15, 0.2) is 53.6 Å². The number of amides is 1. The smallest absolute Gasteiger partial charge is 0.263 e. The summed E-state index contributed by atoms with van der Waals surface area (Å²) < 4.78 is 32.1. The van der Waals surface area contributed by atoms with Crippen molar-refractivity contribution < 1.29 is 18.3 Å². The minimum absolute atomic E-state index is 0.0409. The van der Waals surface area contributed by atoms with Gasteiger partial charge in [-0.3, -0.25) is 4.79 Å². The van der Waals surface area contributed by atoms with Gasteiger partial charge in [0.15, 0.2) is 4.87 Å². The van der Waals surface area contributed by atoms with Crippen LogP contribution in [0.3, 0.4) is 0 Å². The van der Waals surface area contributed by atoms with Gasteiger partial charge in [0, 0.05) is 29.5 Å². The van der Waals surface area contributed by atoms with E-state index >= 15 is 0 Å². The number of fused-ring (bicyclic) bond motifs is 2. The van der Waals surface area contributed by atoms with Crippen molar-refractivity contribution in [3.63, 3.8) is 0 Å². The quantitative estimate of drug-likeness (QED) is 0.744. The Morgan fingerprint density at radius 1 is 1.33 bits per heavy atom. The monoisotopic (exact) mass is 433 g/mol. The van der Waals surface area contributed by atoms with E-state index in [0.717, 1.165) is 12.1 Å².